The molecular formula is C70H90O12SSi. The van der Waals surface area contributed by atoms with Crippen LogP contribution < -0.4 is 4.74 Å². The van der Waals surface area contributed by atoms with Crippen molar-refractivity contribution in [2.24, 2.45) is 0 Å². The molecule has 10 atom stereocenters. The highest BCUT2D eigenvalue weighted by molar-refractivity contribution is 7.99. The van der Waals surface area contributed by atoms with Gasteiger partial charge in [0.2, 0.25) is 0 Å². The standard InChI is InChI=1S/C70H90O12SSi/c1-10-39-73-63-62(49-80-84(50(3)4,51(5)6)52(7)8)82-70(83-11-2)68(78-44-55-29-20-14-21-30-55)66(63)76-47-59-34-24-33-58(40-59)41-72-48-61-64(74-45-57-35-37-60(71-9)38-36-57)65(75-42-53-25-16-12-17-26-53)67(77-43-54-27-18-13-19-28-54)69(81-61)79-46-56-31-22-15-23-32-56/h10,12-38,40,50-52,61-70H,1,11,39,41-49H2,2-9H3/t61-,62-,63-,64-,65+,66+,67-,68-,69+,70+/m1/s1. The van der Waals surface area contributed by atoms with Gasteiger partial charge in [-0.1, -0.05) is 212 Å². The van der Waals surface area contributed by atoms with Crippen molar-refractivity contribution in [1.29, 1.82) is 0 Å². The number of hydrogen-bond donors (Lipinski definition) is 0. The molecule has 2 aliphatic heterocycles. The molecule has 2 aliphatic rings. The Bertz CT molecular complexity index is 2750. The van der Waals surface area contributed by atoms with E-state index in [9.17, 15) is 0 Å². The number of benzene rings is 6. The molecule has 0 N–H and O–H groups in total. The second-order valence-corrected chi connectivity index (χ2v) is 29.4. The minimum absolute atomic E-state index is 0.162. The van der Waals surface area contributed by atoms with E-state index >= 15 is 0 Å². The Hall–Kier alpha value is -5.01. The van der Waals surface area contributed by atoms with E-state index in [1.807, 2.05) is 127 Å². The van der Waals surface area contributed by atoms with Crippen LogP contribution in [0.3, 0.4) is 0 Å². The van der Waals surface area contributed by atoms with E-state index in [2.05, 4.69) is 97.5 Å². The van der Waals surface area contributed by atoms with Crippen LogP contribution in [0.25, 0.3) is 0 Å². The summed E-state index contributed by atoms with van der Waals surface area (Å²) in [6, 6.07) is 56.8. The topological polar surface area (TPSA) is 111 Å². The van der Waals surface area contributed by atoms with Crippen molar-refractivity contribution in [2.75, 3.05) is 32.7 Å². The third kappa shape index (κ3) is 18.3. The summed E-state index contributed by atoms with van der Waals surface area (Å²) < 4.78 is 81.9. The number of methoxy groups -OCH3 is 1. The van der Waals surface area contributed by atoms with Gasteiger partial charge in [-0.2, -0.15) is 0 Å². The summed E-state index contributed by atoms with van der Waals surface area (Å²) in [7, 11) is -0.618. The van der Waals surface area contributed by atoms with Crippen LogP contribution in [0, 0.1) is 0 Å². The van der Waals surface area contributed by atoms with Crippen molar-refractivity contribution in [1.82, 2.24) is 0 Å². The van der Waals surface area contributed by atoms with Crippen LogP contribution >= 0.6 is 11.8 Å². The van der Waals surface area contributed by atoms with Gasteiger partial charge in [0.15, 0.2) is 14.6 Å². The molecule has 2 heterocycles. The smallest absolute Gasteiger partial charge is 0.200 e. The molecule has 0 amide bonds. The molecule has 12 nitrogen and oxygen atoms in total. The van der Waals surface area contributed by atoms with E-state index in [0.29, 0.717) is 56.3 Å². The number of hydrogen-bond acceptors (Lipinski definition) is 13. The van der Waals surface area contributed by atoms with Gasteiger partial charge in [-0.15, -0.1) is 18.3 Å². The lowest BCUT2D eigenvalue weighted by atomic mass is 9.97. The average Bonchev–Trinajstić information content (AvgIpc) is 3.59. The zero-order valence-electron chi connectivity index (χ0n) is 50.5. The van der Waals surface area contributed by atoms with E-state index < -0.39 is 63.4 Å². The first-order valence-corrected chi connectivity index (χ1v) is 33.1. The summed E-state index contributed by atoms with van der Waals surface area (Å²) in [5.74, 6) is 1.59. The fourth-order valence-electron chi connectivity index (χ4n) is 11.8. The second kappa shape index (κ2) is 33.8. The van der Waals surface area contributed by atoms with E-state index in [0.717, 1.165) is 50.4 Å². The first-order valence-electron chi connectivity index (χ1n) is 29.9. The van der Waals surface area contributed by atoms with Gasteiger partial charge in [-0.05, 0) is 73.5 Å². The van der Waals surface area contributed by atoms with Crippen LogP contribution in [-0.4, -0.2) is 102 Å². The van der Waals surface area contributed by atoms with Gasteiger partial charge in [0.1, 0.15) is 60.0 Å². The third-order valence-electron chi connectivity index (χ3n) is 15.8. The molecule has 0 unspecified atom stereocenters. The van der Waals surface area contributed by atoms with E-state index in [1.165, 1.54) is 0 Å². The first-order chi connectivity index (χ1) is 41.0. The number of thioether (sulfide) groups is 1. The minimum atomic E-state index is -2.28. The van der Waals surface area contributed by atoms with E-state index in [-0.39, 0.29) is 31.9 Å². The van der Waals surface area contributed by atoms with Crippen molar-refractivity contribution in [3.63, 3.8) is 0 Å². The zero-order chi connectivity index (χ0) is 59.1. The Morgan fingerprint density at radius 1 is 0.452 bits per heavy atom. The molecule has 6 aromatic carbocycles. The maximum Gasteiger partial charge on any atom is 0.200 e. The summed E-state index contributed by atoms with van der Waals surface area (Å²) in [4.78, 5) is 0. The van der Waals surface area contributed by atoms with E-state index in [4.69, 9.17) is 56.5 Å². The monoisotopic (exact) mass is 1180 g/mol. The van der Waals surface area contributed by atoms with Gasteiger partial charge >= 0.3 is 0 Å². The molecule has 84 heavy (non-hydrogen) atoms. The lowest BCUT2D eigenvalue weighted by molar-refractivity contribution is -0.330. The van der Waals surface area contributed by atoms with Gasteiger partial charge in [0.25, 0.3) is 0 Å². The molecular weight excluding hydrogens is 1090 g/mol. The molecule has 8 rings (SSSR count). The summed E-state index contributed by atoms with van der Waals surface area (Å²) in [5, 5.41) is 0. The number of ether oxygens (including phenoxy) is 11. The molecule has 0 bridgehead atoms. The SMILES string of the molecule is C=CCO[C@H]1[C@H](OCc2cccc(COC[C@H]3O[C@H](OCc4ccccc4)[C@H](OCc4ccccc4)[C@@H](OCc4ccccc4)[C@@H]3OCc3ccc(OC)cc3)c2)[C@@H](OCc2ccccc2)[C@H](SCC)O[C@@H]1CO[Si](C(C)C)(C(C)C)C(C)C. The number of rotatable bonds is 34. The van der Waals surface area contributed by atoms with Crippen LogP contribution in [0.2, 0.25) is 16.6 Å². The fourth-order valence-corrected chi connectivity index (χ4v) is 18.2. The molecule has 6 aromatic rings. The van der Waals surface area contributed by atoms with Gasteiger partial charge < -0.3 is 56.5 Å². The molecule has 0 radical (unpaired) electrons. The fraction of sp³-hybridized carbons (Fsp3) is 0.457. The summed E-state index contributed by atoms with van der Waals surface area (Å²) in [5.41, 5.74) is 7.86. The molecule has 452 valence electrons. The molecule has 0 aromatic heterocycles. The average molecular weight is 1180 g/mol. The van der Waals surface area contributed by atoms with Crippen molar-refractivity contribution in [3.8, 4) is 5.75 Å². The normalized spacial score (nSPS) is 22.8. The molecule has 2 fully saturated rings. The Morgan fingerprint density at radius 2 is 0.869 bits per heavy atom. The summed E-state index contributed by atoms with van der Waals surface area (Å²) in [6.45, 7) is 23.0. The highest BCUT2D eigenvalue weighted by Crippen LogP contribution is 2.44. The lowest BCUT2D eigenvalue weighted by Gasteiger charge is -2.48. The largest absolute Gasteiger partial charge is 0.497 e. The van der Waals surface area contributed by atoms with Gasteiger partial charge in [-0.25, -0.2) is 0 Å². The van der Waals surface area contributed by atoms with Crippen molar-refractivity contribution < 1.29 is 56.5 Å². The molecule has 14 heteroatoms. The highest BCUT2D eigenvalue weighted by atomic mass is 32.2. The van der Waals surface area contributed by atoms with Crippen molar-refractivity contribution in [3.05, 3.63) is 221 Å². The first kappa shape index (κ1) is 65.0. The molecule has 0 spiro atoms. The second-order valence-electron chi connectivity index (χ2n) is 22.6. The minimum Gasteiger partial charge on any atom is -0.497 e. The quantitative estimate of drug-likeness (QED) is 0.0283. The Morgan fingerprint density at radius 3 is 1.37 bits per heavy atom. The Labute approximate surface area is 505 Å². The van der Waals surface area contributed by atoms with Crippen molar-refractivity contribution >= 4 is 20.1 Å². The summed E-state index contributed by atoms with van der Waals surface area (Å²) in [6.07, 6.45) is -3.59. The predicted octanol–water partition coefficient (Wildman–Crippen LogP) is 14.6. The maximum atomic E-state index is 7.26. The van der Waals surface area contributed by atoms with Gasteiger partial charge in [0, 0.05) is 0 Å². The van der Waals surface area contributed by atoms with Crippen LogP contribution in [0.1, 0.15) is 87.4 Å². The van der Waals surface area contributed by atoms with Crippen molar-refractivity contribution in [2.45, 2.75) is 172 Å². The maximum absolute atomic E-state index is 7.26. The molecule has 2 saturated heterocycles. The van der Waals surface area contributed by atoms with Crippen LogP contribution in [0.5, 0.6) is 5.75 Å². The third-order valence-corrected chi connectivity index (χ3v) is 22.9. The Balaban J connectivity index is 1.05. The Kier molecular flexibility index (Phi) is 26.1. The van der Waals surface area contributed by atoms with Gasteiger partial charge in [-0.3, -0.25) is 0 Å². The van der Waals surface area contributed by atoms with Crippen LogP contribution in [-0.2, 0) is 98.0 Å². The van der Waals surface area contributed by atoms with Gasteiger partial charge in [0.05, 0.1) is 73.2 Å². The molecule has 0 aliphatic carbocycles. The molecule has 0 saturated carbocycles. The highest BCUT2D eigenvalue weighted by Gasteiger charge is 2.52. The van der Waals surface area contributed by atoms with E-state index in [1.54, 1.807) is 24.9 Å². The lowest BCUT2D eigenvalue weighted by Crippen LogP contribution is -2.61. The van der Waals surface area contributed by atoms with Crippen LogP contribution in [0.15, 0.2) is 183 Å². The summed E-state index contributed by atoms with van der Waals surface area (Å²) >= 11 is 1.72. The predicted molar refractivity (Wildman–Crippen MR) is 335 cm³/mol. The van der Waals surface area contributed by atoms with Crippen LogP contribution in [0.4, 0.5) is 0 Å². The zero-order valence-corrected chi connectivity index (χ0v) is 52.4.